The molecule has 3 heterocycles. The minimum absolute atomic E-state index is 0.0216. The lowest BCUT2D eigenvalue weighted by atomic mass is 9.89. The van der Waals surface area contributed by atoms with E-state index in [-0.39, 0.29) is 5.91 Å². The van der Waals surface area contributed by atoms with Crippen molar-refractivity contribution < 1.29 is 4.79 Å². The van der Waals surface area contributed by atoms with Crippen LogP contribution in [0.2, 0.25) is 4.34 Å². The molecule has 0 spiro atoms. The summed E-state index contributed by atoms with van der Waals surface area (Å²) in [6, 6.07) is 6.35. The van der Waals surface area contributed by atoms with Crippen LogP contribution in [0, 0.1) is 17.2 Å². The Morgan fingerprint density at radius 2 is 2.03 bits per heavy atom. The van der Waals surface area contributed by atoms with Crippen molar-refractivity contribution in [3.05, 3.63) is 37.4 Å². The van der Waals surface area contributed by atoms with Gasteiger partial charge in [0.1, 0.15) is 11.1 Å². The smallest absolute Gasteiger partial charge is 0.239 e. The van der Waals surface area contributed by atoms with E-state index in [1.54, 1.807) is 22.7 Å². The lowest BCUT2D eigenvalue weighted by Gasteiger charge is -2.33. The van der Waals surface area contributed by atoms with Gasteiger partial charge in [-0.3, -0.25) is 14.6 Å². The largest absolute Gasteiger partial charge is 0.315 e. The molecule has 29 heavy (non-hydrogen) atoms. The van der Waals surface area contributed by atoms with Crippen LogP contribution in [0.4, 0.5) is 5.00 Å². The number of hydrogen-bond donors (Lipinski definition) is 1. The number of amides is 1. The van der Waals surface area contributed by atoms with Crippen LogP contribution >= 0.6 is 34.3 Å². The number of thiophene rings is 2. The second-order valence-corrected chi connectivity index (χ2v) is 10.9. The van der Waals surface area contributed by atoms with E-state index in [9.17, 15) is 10.1 Å². The first-order valence-corrected chi connectivity index (χ1v) is 12.1. The maximum atomic E-state index is 12.6. The van der Waals surface area contributed by atoms with Gasteiger partial charge >= 0.3 is 0 Å². The van der Waals surface area contributed by atoms with Gasteiger partial charge in [-0.2, -0.15) is 5.26 Å². The van der Waals surface area contributed by atoms with Gasteiger partial charge in [0.25, 0.3) is 0 Å². The molecule has 0 radical (unpaired) electrons. The van der Waals surface area contributed by atoms with E-state index in [1.807, 2.05) is 6.07 Å². The first kappa shape index (κ1) is 20.8. The molecule has 2 aliphatic rings. The van der Waals surface area contributed by atoms with Crippen molar-refractivity contribution in [3.8, 4) is 6.07 Å². The molecule has 8 heteroatoms. The van der Waals surface area contributed by atoms with E-state index in [0.29, 0.717) is 18.0 Å². The van der Waals surface area contributed by atoms with Gasteiger partial charge in [-0.15, -0.1) is 22.7 Å². The summed E-state index contributed by atoms with van der Waals surface area (Å²) in [5.74, 6) is 0.629. The van der Waals surface area contributed by atoms with Gasteiger partial charge in [-0.25, -0.2) is 0 Å². The van der Waals surface area contributed by atoms with E-state index in [0.717, 1.165) is 66.9 Å². The third kappa shape index (κ3) is 5.01. The molecule has 1 N–H and O–H groups in total. The molecule has 0 bridgehead atoms. The Morgan fingerprint density at radius 1 is 1.28 bits per heavy atom. The number of nitrogens with zero attached hydrogens (tertiary/aromatic N) is 3. The number of fused-ring (bicyclic) bond motifs is 1. The summed E-state index contributed by atoms with van der Waals surface area (Å²) >= 11 is 9.24. The predicted molar refractivity (Wildman–Crippen MR) is 120 cm³/mol. The number of carbonyl (C=O) groups excluding carboxylic acids is 1. The van der Waals surface area contributed by atoms with E-state index < -0.39 is 0 Å². The quantitative estimate of drug-likeness (QED) is 0.744. The molecule has 0 saturated carbocycles. The highest BCUT2D eigenvalue weighted by atomic mass is 35.5. The maximum absolute atomic E-state index is 12.6. The summed E-state index contributed by atoms with van der Waals surface area (Å²) in [7, 11) is 0. The van der Waals surface area contributed by atoms with Gasteiger partial charge in [0, 0.05) is 42.5 Å². The zero-order valence-corrected chi connectivity index (χ0v) is 18.9. The van der Waals surface area contributed by atoms with Crippen LogP contribution in [0.5, 0.6) is 0 Å². The minimum atomic E-state index is -0.0216. The molecule has 1 saturated heterocycles. The third-order valence-electron chi connectivity index (χ3n) is 5.72. The van der Waals surface area contributed by atoms with Crippen molar-refractivity contribution in [3.63, 3.8) is 0 Å². The molecule has 1 amide bonds. The SMILES string of the molecule is C[C@@H]1CCc2c(sc(NC(=O)CN3CCN(Cc4ccc(Cl)s4)CC3)c2C#N)C1. The topological polar surface area (TPSA) is 59.4 Å². The molecule has 5 nitrogen and oxygen atoms in total. The Morgan fingerprint density at radius 3 is 2.72 bits per heavy atom. The van der Waals surface area contributed by atoms with Crippen molar-refractivity contribution in [2.75, 3.05) is 38.0 Å². The lowest BCUT2D eigenvalue weighted by Crippen LogP contribution is -2.48. The van der Waals surface area contributed by atoms with Crippen molar-refractivity contribution in [1.29, 1.82) is 5.26 Å². The van der Waals surface area contributed by atoms with E-state index >= 15 is 0 Å². The molecule has 0 unspecified atom stereocenters. The molecule has 1 aliphatic carbocycles. The standard InChI is InChI=1S/C21H25ClN4OS2/c1-14-2-4-16-17(11-23)21(29-18(16)10-14)24-20(27)13-26-8-6-25(7-9-26)12-15-3-5-19(22)28-15/h3,5,14H,2,4,6-10,12-13H2,1H3,(H,24,27)/t14-/m1/s1. The third-order valence-corrected chi connectivity index (χ3v) is 8.10. The molecule has 1 atom stereocenters. The molecular formula is C21H25ClN4OS2. The van der Waals surface area contributed by atoms with Crippen molar-refractivity contribution in [1.82, 2.24) is 9.80 Å². The molecule has 154 valence electrons. The van der Waals surface area contributed by atoms with E-state index in [1.165, 1.54) is 9.75 Å². The number of carbonyl (C=O) groups is 1. The fourth-order valence-electron chi connectivity index (χ4n) is 4.09. The number of anilines is 1. The molecular weight excluding hydrogens is 424 g/mol. The summed E-state index contributed by atoms with van der Waals surface area (Å²) in [6.45, 7) is 7.17. The number of nitriles is 1. The summed E-state index contributed by atoms with van der Waals surface area (Å²) in [5.41, 5.74) is 1.85. The average Bonchev–Trinajstić information content (AvgIpc) is 3.25. The normalized spacial score (nSPS) is 20.2. The Bertz CT molecular complexity index is 924. The van der Waals surface area contributed by atoms with Crippen molar-refractivity contribution in [2.45, 2.75) is 32.7 Å². The first-order valence-electron chi connectivity index (χ1n) is 10.0. The Hall–Kier alpha value is -1.43. The minimum Gasteiger partial charge on any atom is -0.315 e. The van der Waals surface area contributed by atoms with Gasteiger partial charge in [0.05, 0.1) is 16.4 Å². The fourth-order valence-corrected chi connectivity index (χ4v) is 6.60. The highest BCUT2D eigenvalue weighted by Gasteiger charge is 2.25. The monoisotopic (exact) mass is 448 g/mol. The summed E-state index contributed by atoms with van der Waals surface area (Å²) < 4.78 is 0.830. The number of nitrogens with one attached hydrogen (secondary N) is 1. The molecule has 4 rings (SSSR count). The Balaban J connectivity index is 1.29. The Labute approximate surface area is 184 Å². The van der Waals surface area contributed by atoms with Gasteiger partial charge in [0.2, 0.25) is 5.91 Å². The van der Waals surface area contributed by atoms with Gasteiger partial charge in [-0.1, -0.05) is 18.5 Å². The average molecular weight is 449 g/mol. The first-order chi connectivity index (χ1) is 14.0. The summed E-state index contributed by atoms with van der Waals surface area (Å²) in [4.78, 5) is 19.8. The van der Waals surface area contributed by atoms with Gasteiger partial charge in [0.15, 0.2) is 0 Å². The van der Waals surface area contributed by atoms with Crippen molar-refractivity contribution in [2.24, 2.45) is 5.92 Å². The number of hydrogen-bond acceptors (Lipinski definition) is 6. The van der Waals surface area contributed by atoms with Crippen LogP contribution in [0.1, 0.15) is 34.2 Å². The second-order valence-electron chi connectivity index (χ2n) is 7.97. The van der Waals surface area contributed by atoms with Crippen LogP contribution in [0.25, 0.3) is 0 Å². The molecule has 1 fully saturated rings. The molecule has 2 aromatic rings. The summed E-state index contributed by atoms with van der Waals surface area (Å²) in [6.07, 6.45) is 3.08. The summed E-state index contributed by atoms with van der Waals surface area (Å²) in [5, 5.41) is 13.4. The Kier molecular flexibility index (Phi) is 6.57. The maximum Gasteiger partial charge on any atom is 0.239 e. The molecule has 0 aromatic carbocycles. The molecule has 1 aliphatic heterocycles. The molecule has 2 aromatic heterocycles. The van der Waals surface area contributed by atoms with Crippen molar-refractivity contribution >= 4 is 45.2 Å². The van der Waals surface area contributed by atoms with Gasteiger partial charge in [-0.05, 0) is 42.9 Å². The van der Waals surface area contributed by atoms with Crippen LogP contribution in [-0.2, 0) is 24.2 Å². The van der Waals surface area contributed by atoms with Crippen LogP contribution in [0.15, 0.2) is 12.1 Å². The predicted octanol–water partition coefficient (Wildman–Crippen LogP) is 4.22. The lowest BCUT2D eigenvalue weighted by molar-refractivity contribution is -0.117. The van der Waals surface area contributed by atoms with Crippen LogP contribution in [-0.4, -0.2) is 48.4 Å². The van der Waals surface area contributed by atoms with Crippen LogP contribution < -0.4 is 5.32 Å². The second kappa shape index (κ2) is 9.15. The highest BCUT2D eigenvalue weighted by molar-refractivity contribution is 7.16. The zero-order valence-electron chi connectivity index (χ0n) is 16.5. The number of piperazine rings is 1. The number of halogens is 1. The van der Waals surface area contributed by atoms with Gasteiger partial charge < -0.3 is 5.32 Å². The van der Waals surface area contributed by atoms with E-state index in [2.05, 4.69) is 34.2 Å². The zero-order chi connectivity index (χ0) is 20.4. The number of rotatable bonds is 5. The fraction of sp³-hybridized carbons (Fsp3) is 0.524. The van der Waals surface area contributed by atoms with Crippen LogP contribution in [0.3, 0.4) is 0 Å². The van der Waals surface area contributed by atoms with E-state index in [4.69, 9.17) is 11.6 Å². The highest BCUT2D eigenvalue weighted by Crippen LogP contribution is 2.39.